The molecule has 11 nitrogen and oxygen atoms in total. The number of ether oxygens (including phenoxy) is 1. The first-order valence-electron chi connectivity index (χ1n) is 11.8. The summed E-state index contributed by atoms with van der Waals surface area (Å²) < 4.78 is 11.3. The van der Waals surface area contributed by atoms with E-state index in [9.17, 15) is 19.5 Å². The van der Waals surface area contributed by atoms with Crippen molar-refractivity contribution in [2.24, 2.45) is 0 Å². The van der Waals surface area contributed by atoms with Gasteiger partial charge in [0.1, 0.15) is 22.8 Å². The van der Waals surface area contributed by atoms with Gasteiger partial charge in [-0.2, -0.15) is 0 Å². The van der Waals surface area contributed by atoms with Gasteiger partial charge in [-0.3, -0.25) is 14.9 Å². The molecule has 2 saturated heterocycles. The number of urea groups is 1. The molecule has 3 aliphatic rings. The summed E-state index contributed by atoms with van der Waals surface area (Å²) in [5.41, 5.74) is 0.646. The molecular weight excluding hydrogens is 466 g/mol. The smallest absolute Gasteiger partial charge is 0.322 e. The van der Waals surface area contributed by atoms with E-state index in [1.807, 2.05) is 17.0 Å². The standard InChI is InChI=1S/C25H25N5O6/c1-35-16-5-4-14-11-30(22(32)17(14)9-16)13-25(23(33)27-24(34)28-25)20-10-18-19(36-20)6-7-21(26-18)29-8-2-3-15(31)12-29/h4-7,9-10,15,31H,2-3,8,11-13H2,1H3,(H2,27,28,33,34)/t15-,25+/m1/s1. The number of furan rings is 1. The first-order valence-corrected chi connectivity index (χ1v) is 11.8. The van der Waals surface area contributed by atoms with Crippen LogP contribution in [0.4, 0.5) is 10.6 Å². The van der Waals surface area contributed by atoms with Crippen LogP contribution < -0.4 is 20.3 Å². The van der Waals surface area contributed by atoms with Gasteiger partial charge in [-0.05, 0) is 42.7 Å². The van der Waals surface area contributed by atoms with E-state index in [1.54, 1.807) is 24.3 Å². The number of aliphatic hydroxyl groups is 1. The fourth-order valence-electron chi connectivity index (χ4n) is 5.20. The number of piperidine rings is 1. The van der Waals surface area contributed by atoms with Crippen LogP contribution in [0.15, 0.2) is 40.8 Å². The minimum atomic E-state index is -1.61. The zero-order valence-corrected chi connectivity index (χ0v) is 19.6. The SMILES string of the molecule is COc1ccc2c(c1)C(=O)N(C[C@@]1(c3cc4nc(N5CCC[C@@H](O)C5)ccc4o3)NC(=O)NC1=O)C2. The molecule has 4 amide bonds. The number of anilines is 1. The third-order valence-electron chi connectivity index (χ3n) is 7.07. The molecule has 2 fully saturated rings. The number of benzene rings is 1. The van der Waals surface area contributed by atoms with Gasteiger partial charge < -0.3 is 29.4 Å². The Morgan fingerprint density at radius 2 is 2.08 bits per heavy atom. The summed E-state index contributed by atoms with van der Waals surface area (Å²) in [5.74, 6) is 0.572. The highest BCUT2D eigenvalue weighted by molar-refractivity contribution is 6.08. The third-order valence-corrected chi connectivity index (χ3v) is 7.07. The van der Waals surface area contributed by atoms with Crippen molar-refractivity contribution in [3.05, 3.63) is 53.3 Å². The van der Waals surface area contributed by atoms with E-state index in [0.29, 0.717) is 34.8 Å². The van der Waals surface area contributed by atoms with Crippen molar-refractivity contribution in [3.8, 4) is 5.75 Å². The Kier molecular flexibility index (Phi) is 5.11. The molecule has 2 aromatic heterocycles. The number of nitrogens with zero attached hydrogens (tertiary/aromatic N) is 3. The van der Waals surface area contributed by atoms with Gasteiger partial charge in [0.15, 0.2) is 11.1 Å². The number of aromatic nitrogens is 1. The molecule has 0 spiro atoms. The van der Waals surface area contributed by atoms with Gasteiger partial charge in [-0.25, -0.2) is 9.78 Å². The van der Waals surface area contributed by atoms with Gasteiger partial charge in [-0.15, -0.1) is 0 Å². The van der Waals surface area contributed by atoms with Gasteiger partial charge >= 0.3 is 6.03 Å². The molecule has 3 aromatic rings. The molecule has 36 heavy (non-hydrogen) atoms. The summed E-state index contributed by atoms with van der Waals surface area (Å²) in [6.45, 7) is 1.44. The van der Waals surface area contributed by atoms with E-state index in [1.165, 1.54) is 12.0 Å². The molecule has 0 bridgehead atoms. The highest BCUT2D eigenvalue weighted by Gasteiger charge is 2.53. The Hall–Kier alpha value is -4.12. The summed E-state index contributed by atoms with van der Waals surface area (Å²) in [5, 5.41) is 15.0. The Balaban J connectivity index is 1.34. The van der Waals surface area contributed by atoms with Crippen molar-refractivity contribution in [2.75, 3.05) is 31.6 Å². The number of hydrogen-bond acceptors (Lipinski definition) is 8. The van der Waals surface area contributed by atoms with Crippen molar-refractivity contribution in [1.29, 1.82) is 0 Å². The third kappa shape index (κ3) is 3.54. The Morgan fingerprint density at radius 3 is 2.83 bits per heavy atom. The summed E-state index contributed by atoms with van der Waals surface area (Å²) in [6, 6.07) is 9.79. The van der Waals surface area contributed by atoms with Crippen LogP contribution in [0.3, 0.4) is 0 Å². The average molecular weight is 492 g/mol. The number of methoxy groups -OCH3 is 1. The summed E-state index contributed by atoms with van der Waals surface area (Å²) in [4.78, 5) is 46.8. The molecule has 3 N–H and O–H groups in total. The van der Waals surface area contributed by atoms with E-state index in [2.05, 4.69) is 15.6 Å². The quantitative estimate of drug-likeness (QED) is 0.457. The zero-order chi connectivity index (χ0) is 25.0. The largest absolute Gasteiger partial charge is 0.497 e. The first-order chi connectivity index (χ1) is 17.4. The lowest BCUT2D eigenvalue weighted by atomic mass is 9.95. The van der Waals surface area contributed by atoms with Crippen LogP contribution in [0, 0.1) is 0 Å². The second kappa shape index (κ2) is 8.23. The Morgan fingerprint density at radius 1 is 1.22 bits per heavy atom. The Bertz CT molecular complexity index is 1400. The zero-order valence-electron chi connectivity index (χ0n) is 19.6. The minimum absolute atomic E-state index is 0.120. The van der Waals surface area contributed by atoms with E-state index in [0.717, 1.165) is 24.9 Å². The maximum Gasteiger partial charge on any atom is 0.322 e. The molecule has 3 aliphatic heterocycles. The van der Waals surface area contributed by atoms with Crippen LogP contribution in [0.5, 0.6) is 5.75 Å². The van der Waals surface area contributed by atoms with Gasteiger partial charge in [0.25, 0.3) is 11.8 Å². The van der Waals surface area contributed by atoms with Crippen LogP contribution in [0.25, 0.3) is 11.1 Å². The van der Waals surface area contributed by atoms with Gasteiger partial charge in [-0.1, -0.05) is 6.07 Å². The maximum atomic E-state index is 13.2. The molecule has 1 aromatic carbocycles. The molecule has 186 valence electrons. The summed E-state index contributed by atoms with van der Waals surface area (Å²) in [7, 11) is 1.53. The predicted molar refractivity (Wildman–Crippen MR) is 128 cm³/mol. The molecule has 5 heterocycles. The highest BCUT2D eigenvalue weighted by atomic mass is 16.5. The number of aliphatic hydroxyl groups excluding tert-OH is 1. The summed E-state index contributed by atoms with van der Waals surface area (Å²) in [6.07, 6.45) is 1.22. The second-order valence-electron chi connectivity index (χ2n) is 9.40. The lowest BCUT2D eigenvalue weighted by molar-refractivity contribution is -0.125. The van der Waals surface area contributed by atoms with Crippen LogP contribution in [0.2, 0.25) is 0 Å². The van der Waals surface area contributed by atoms with Crippen molar-refractivity contribution >= 4 is 34.8 Å². The lowest BCUT2D eigenvalue weighted by Gasteiger charge is -2.30. The number of carbonyl (C=O) groups excluding carboxylic acids is 3. The number of fused-ring (bicyclic) bond motifs is 2. The van der Waals surface area contributed by atoms with E-state index < -0.39 is 23.6 Å². The van der Waals surface area contributed by atoms with Gasteiger partial charge in [0.2, 0.25) is 0 Å². The van der Waals surface area contributed by atoms with Crippen LogP contribution >= 0.6 is 0 Å². The van der Waals surface area contributed by atoms with Crippen LogP contribution in [0.1, 0.15) is 34.5 Å². The second-order valence-corrected chi connectivity index (χ2v) is 9.40. The van der Waals surface area contributed by atoms with Crippen molar-refractivity contribution < 1.29 is 28.6 Å². The van der Waals surface area contributed by atoms with Crippen molar-refractivity contribution in [3.63, 3.8) is 0 Å². The number of imide groups is 1. The van der Waals surface area contributed by atoms with E-state index in [-0.39, 0.29) is 24.8 Å². The van der Waals surface area contributed by atoms with E-state index >= 15 is 0 Å². The maximum absolute atomic E-state index is 13.2. The first kappa shape index (κ1) is 22.4. The molecule has 0 unspecified atom stereocenters. The molecule has 0 saturated carbocycles. The highest BCUT2D eigenvalue weighted by Crippen LogP contribution is 2.35. The molecule has 6 rings (SSSR count). The fourth-order valence-corrected chi connectivity index (χ4v) is 5.20. The minimum Gasteiger partial charge on any atom is -0.497 e. The number of hydrogen-bond donors (Lipinski definition) is 3. The lowest BCUT2D eigenvalue weighted by Crippen LogP contribution is -2.52. The number of nitrogens with one attached hydrogen (secondary N) is 2. The van der Waals surface area contributed by atoms with E-state index in [4.69, 9.17) is 9.15 Å². The number of rotatable bonds is 5. The number of pyridine rings is 1. The Labute approximate surface area is 206 Å². The van der Waals surface area contributed by atoms with Crippen molar-refractivity contribution in [1.82, 2.24) is 20.5 Å². The molecule has 0 radical (unpaired) electrons. The summed E-state index contributed by atoms with van der Waals surface area (Å²) >= 11 is 0. The van der Waals surface area contributed by atoms with Crippen molar-refractivity contribution in [2.45, 2.75) is 31.0 Å². The van der Waals surface area contributed by atoms with Gasteiger partial charge in [0.05, 0.1) is 19.8 Å². The van der Waals surface area contributed by atoms with Crippen LogP contribution in [-0.4, -0.2) is 65.7 Å². The predicted octanol–water partition coefficient (Wildman–Crippen LogP) is 1.49. The van der Waals surface area contributed by atoms with Crippen LogP contribution in [-0.2, 0) is 16.9 Å². The molecule has 2 atom stereocenters. The fraction of sp³-hybridized carbons (Fsp3) is 0.360. The molecule has 11 heteroatoms. The van der Waals surface area contributed by atoms with Gasteiger partial charge in [0, 0.05) is 31.3 Å². The average Bonchev–Trinajstić information content (AvgIpc) is 3.52. The monoisotopic (exact) mass is 491 g/mol. The normalized spacial score (nSPS) is 23.7. The topological polar surface area (TPSA) is 137 Å². The molecular formula is C25H25N5O6. The molecule has 0 aliphatic carbocycles. The number of carbonyl (C=O) groups is 3. The number of β-amino-alcohol motifs (C(OH)–C–C–N with tert-alkyl or cyclic N) is 1. The number of amides is 4.